The van der Waals surface area contributed by atoms with Gasteiger partial charge in [-0.05, 0) is 43.9 Å². The lowest BCUT2D eigenvalue weighted by Crippen LogP contribution is -2.36. The van der Waals surface area contributed by atoms with Gasteiger partial charge in [-0.1, -0.05) is 6.92 Å². The molecule has 0 aromatic carbocycles. The van der Waals surface area contributed by atoms with E-state index in [0.717, 1.165) is 18.6 Å². The molecule has 2 atom stereocenters. The number of halogens is 5. The fraction of sp³-hybridized carbons (Fsp3) is 0.476. The lowest BCUT2D eigenvalue weighted by molar-refractivity contribution is -0.141. The van der Waals surface area contributed by atoms with Crippen molar-refractivity contribution < 1.29 is 26.7 Å². The minimum absolute atomic E-state index is 0.0220. The number of hydrogen-bond acceptors (Lipinski definition) is 5. The predicted molar refractivity (Wildman–Crippen MR) is 107 cm³/mol. The summed E-state index contributed by atoms with van der Waals surface area (Å²) in [6, 6.07) is 3.20. The first kappa shape index (κ1) is 23.0. The van der Waals surface area contributed by atoms with Crippen molar-refractivity contribution in [2.75, 3.05) is 13.1 Å². The monoisotopic (exact) mass is 468 g/mol. The predicted octanol–water partition coefficient (Wildman–Crippen LogP) is 4.44. The van der Waals surface area contributed by atoms with Crippen LogP contribution in [0.1, 0.15) is 65.2 Å². The SMILES string of the molecule is Cc1nc(C(F)(F)F)ccc1C(=O)N1CCC[C@@H](C)[C@H](c2cc(C(F)F)nc3ncnn23)C1. The number of carbonyl (C=O) groups is 1. The Bertz CT molecular complexity index is 1180. The molecule has 1 aliphatic rings. The third-order valence-electron chi connectivity index (χ3n) is 5.99. The van der Waals surface area contributed by atoms with Gasteiger partial charge in [0.25, 0.3) is 18.1 Å². The summed E-state index contributed by atoms with van der Waals surface area (Å²) < 4.78 is 67.1. The van der Waals surface area contributed by atoms with Crippen LogP contribution in [0.4, 0.5) is 22.0 Å². The van der Waals surface area contributed by atoms with Crippen molar-refractivity contribution in [3.8, 4) is 0 Å². The zero-order valence-corrected chi connectivity index (χ0v) is 17.9. The first-order valence-corrected chi connectivity index (χ1v) is 10.4. The minimum Gasteiger partial charge on any atom is -0.338 e. The second-order valence-electron chi connectivity index (χ2n) is 8.18. The van der Waals surface area contributed by atoms with Gasteiger partial charge in [-0.2, -0.15) is 23.3 Å². The van der Waals surface area contributed by atoms with Gasteiger partial charge in [0.15, 0.2) is 0 Å². The average molecular weight is 468 g/mol. The number of nitrogens with zero attached hydrogens (tertiary/aromatic N) is 6. The molecule has 3 aromatic rings. The Kier molecular flexibility index (Phi) is 6.02. The van der Waals surface area contributed by atoms with Gasteiger partial charge in [0.2, 0.25) is 0 Å². The van der Waals surface area contributed by atoms with Gasteiger partial charge in [0.05, 0.1) is 17.0 Å². The number of aromatic nitrogens is 5. The lowest BCUT2D eigenvalue weighted by atomic mass is 9.88. The molecule has 0 unspecified atom stereocenters. The van der Waals surface area contributed by atoms with Crippen molar-refractivity contribution >= 4 is 11.7 Å². The second kappa shape index (κ2) is 8.64. The first-order chi connectivity index (χ1) is 15.6. The Balaban J connectivity index is 1.69. The van der Waals surface area contributed by atoms with Crippen LogP contribution in [0.25, 0.3) is 5.78 Å². The van der Waals surface area contributed by atoms with E-state index in [4.69, 9.17) is 0 Å². The van der Waals surface area contributed by atoms with E-state index >= 15 is 0 Å². The maximum absolute atomic E-state index is 13.4. The molecule has 0 bridgehead atoms. The minimum atomic E-state index is -4.61. The van der Waals surface area contributed by atoms with Crippen LogP contribution in [0, 0.1) is 12.8 Å². The summed E-state index contributed by atoms with van der Waals surface area (Å²) in [6.07, 6.45) is -4.80. The lowest BCUT2D eigenvalue weighted by Gasteiger charge is -2.28. The molecule has 0 N–H and O–H groups in total. The molecule has 1 aliphatic heterocycles. The van der Waals surface area contributed by atoms with Crippen LogP contribution in [-0.2, 0) is 6.18 Å². The number of rotatable bonds is 3. The molecule has 0 saturated carbocycles. The summed E-state index contributed by atoms with van der Waals surface area (Å²) in [7, 11) is 0. The highest BCUT2D eigenvalue weighted by Crippen LogP contribution is 2.34. The van der Waals surface area contributed by atoms with E-state index in [1.807, 2.05) is 6.92 Å². The molecular formula is C21H21F5N6O. The quantitative estimate of drug-likeness (QED) is 0.532. The summed E-state index contributed by atoms with van der Waals surface area (Å²) in [5.74, 6) is -0.746. The molecule has 1 amide bonds. The standard InChI is InChI=1S/C21H21F5N6O/c1-11-4-3-7-31(19(33)13-5-6-17(21(24,25)26)29-12(13)2)9-14(11)16-8-15(18(22)23)30-20-27-10-28-32(16)20/h5-6,8,10-11,14,18H,3-4,7,9H2,1-2H3/t11-,14-/m1/s1. The van der Waals surface area contributed by atoms with Crippen LogP contribution >= 0.6 is 0 Å². The van der Waals surface area contributed by atoms with Gasteiger partial charge in [0, 0.05) is 19.0 Å². The maximum Gasteiger partial charge on any atom is 0.433 e. The zero-order chi connectivity index (χ0) is 23.9. The number of likely N-dealkylation sites (tertiary alicyclic amines) is 1. The van der Waals surface area contributed by atoms with E-state index in [-0.39, 0.29) is 35.4 Å². The Labute approximate surface area is 185 Å². The summed E-state index contributed by atoms with van der Waals surface area (Å²) in [5, 5.41) is 4.11. The molecule has 33 heavy (non-hydrogen) atoms. The number of hydrogen-bond donors (Lipinski definition) is 0. The molecule has 4 rings (SSSR count). The largest absolute Gasteiger partial charge is 0.433 e. The Morgan fingerprint density at radius 1 is 1.21 bits per heavy atom. The van der Waals surface area contributed by atoms with E-state index in [1.54, 1.807) is 0 Å². The molecular weight excluding hydrogens is 447 g/mol. The fourth-order valence-corrected chi connectivity index (χ4v) is 4.23. The van der Waals surface area contributed by atoms with Crippen molar-refractivity contribution in [2.24, 2.45) is 5.92 Å². The smallest absolute Gasteiger partial charge is 0.338 e. The van der Waals surface area contributed by atoms with E-state index < -0.39 is 29.9 Å². The van der Waals surface area contributed by atoms with Gasteiger partial charge >= 0.3 is 6.18 Å². The van der Waals surface area contributed by atoms with Gasteiger partial charge < -0.3 is 4.90 Å². The molecule has 4 heterocycles. The highest BCUT2D eigenvalue weighted by Gasteiger charge is 2.35. The normalized spacial score (nSPS) is 19.8. The molecule has 0 radical (unpaired) electrons. The first-order valence-electron chi connectivity index (χ1n) is 10.4. The third-order valence-corrected chi connectivity index (χ3v) is 5.99. The van der Waals surface area contributed by atoms with Crippen molar-refractivity contribution in [1.29, 1.82) is 0 Å². The number of alkyl halides is 5. The summed E-state index contributed by atoms with van der Waals surface area (Å²) >= 11 is 0. The molecule has 12 heteroatoms. The summed E-state index contributed by atoms with van der Waals surface area (Å²) in [5.41, 5.74) is -0.981. The van der Waals surface area contributed by atoms with Crippen LogP contribution in [0.2, 0.25) is 0 Å². The number of aryl methyl sites for hydroxylation is 1. The fourth-order valence-electron chi connectivity index (χ4n) is 4.23. The third kappa shape index (κ3) is 4.51. The van der Waals surface area contributed by atoms with E-state index in [0.29, 0.717) is 18.7 Å². The van der Waals surface area contributed by atoms with E-state index in [9.17, 15) is 26.7 Å². The van der Waals surface area contributed by atoms with E-state index in [2.05, 4.69) is 20.1 Å². The van der Waals surface area contributed by atoms with Crippen LogP contribution < -0.4 is 0 Å². The number of pyridine rings is 1. The second-order valence-corrected chi connectivity index (χ2v) is 8.18. The Hall–Kier alpha value is -3.18. The number of amides is 1. The van der Waals surface area contributed by atoms with Crippen molar-refractivity contribution in [2.45, 2.75) is 45.2 Å². The molecule has 7 nitrogen and oxygen atoms in total. The number of fused-ring (bicyclic) bond motifs is 1. The average Bonchev–Trinajstić information content (AvgIpc) is 3.14. The van der Waals surface area contributed by atoms with Crippen LogP contribution in [0.5, 0.6) is 0 Å². The molecule has 1 fully saturated rings. The van der Waals surface area contributed by atoms with Crippen molar-refractivity contribution in [3.63, 3.8) is 0 Å². The van der Waals surface area contributed by atoms with Crippen LogP contribution in [0.3, 0.4) is 0 Å². The number of carbonyl (C=O) groups excluding carboxylic acids is 1. The Morgan fingerprint density at radius 3 is 2.64 bits per heavy atom. The van der Waals surface area contributed by atoms with Gasteiger partial charge in [-0.3, -0.25) is 4.79 Å². The van der Waals surface area contributed by atoms with Crippen LogP contribution in [0.15, 0.2) is 24.5 Å². The van der Waals surface area contributed by atoms with Gasteiger partial charge in [-0.15, -0.1) is 0 Å². The van der Waals surface area contributed by atoms with Crippen LogP contribution in [-0.4, -0.2) is 48.5 Å². The molecule has 176 valence electrons. The van der Waals surface area contributed by atoms with Gasteiger partial charge in [0.1, 0.15) is 17.7 Å². The highest BCUT2D eigenvalue weighted by atomic mass is 19.4. The van der Waals surface area contributed by atoms with E-state index in [1.165, 1.54) is 28.7 Å². The van der Waals surface area contributed by atoms with Crippen molar-refractivity contribution in [1.82, 2.24) is 29.5 Å². The highest BCUT2D eigenvalue weighted by molar-refractivity contribution is 5.95. The molecule has 0 spiro atoms. The molecule has 3 aromatic heterocycles. The summed E-state index contributed by atoms with van der Waals surface area (Å²) in [4.78, 5) is 26.1. The van der Waals surface area contributed by atoms with Crippen molar-refractivity contribution in [3.05, 3.63) is 52.9 Å². The molecule has 0 aliphatic carbocycles. The topological polar surface area (TPSA) is 76.3 Å². The maximum atomic E-state index is 13.4. The summed E-state index contributed by atoms with van der Waals surface area (Å²) in [6.45, 7) is 3.89. The Morgan fingerprint density at radius 2 is 1.97 bits per heavy atom. The molecule has 1 saturated heterocycles. The van der Waals surface area contributed by atoms with Gasteiger partial charge in [-0.25, -0.2) is 23.3 Å². The zero-order valence-electron chi connectivity index (χ0n) is 17.9.